The number of benzene rings is 2. The fourth-order valence-corrected chi connectivity index (χ4v) is 4.42. The molecule has 0 aromatic heterocycles. The van der Waals surface area contributed by atoms with Gasteiger partial charge < -0.3 is 30.3 Å². The van der Waals surface area contributed by atoms with Crippen LogP contribution in [0.4, 0.5) is 20.6 Å². The van der Waals surface area contributed by atoms with E-state index in [0.717, 1.165) is 12.8 Å². The van der Waals surface area contributed by atoms with Crippen molar-refractivity contribution in [2.45, 2.75) is 45.3 Å². The highest BCUT2D eigenvalue weighted by molar-refractivity contribution is 5.94. The third-order valence-electron chi connectivity index (χ3n) is 7.03. The van der Waals surface area contributed by atoms with E-state index in [1.54, 1.807) is 37.1 Å². The SMILES string of the molecule is C[C@@H]1CN([C@@H](C)CO)C(=O)Cc2cc(NC(=O)C3CC3)ccc2O[C@@H]1CN(C)C(=O)Nc1ccc(F)cc1. The normalized spacial score (nSPS) is 20.2. The molecular formula is C28H35FN4O5. The van der Waals surface area contributed by atoms with Gasteiger partial charge in [0.15, 0.2) is 0 Å². The maximum atomic E-state index is 13.3. The Hall–Kier alpha value is -3.66. The van der Waals surface area contributed by atoms with Crippen LogP contribution in [0.5, 0.6) is 5.75 Å². The molecule has 1 heterocycles. The number of fused-ring (bicyclic) bond motifs is 1. The minimum atomic E-state index is -0.482. The first-order valence-electron chi connectivity index (χ1n) is 12.9. The number of nitrogens with zero attached hydrogens (tertiary/aromatic N) is 2. The van der Waals surface area contributed by atoms with Crippen LogP contribution in [-0.4, -0.2) is 71.6 Å². The van der Waals surface area contributed by atoms with Crippen LogP contribution in [-0.2, 0) is 16.0 Å². The molecule has 4 amide bonds. The van der Waals surface area contributed by atoms with Gasteiger partial charge in [-0.2, -0.15) is 0 Å². The van der Waals surface area contributed by atoms with E-state index in [0.29, 0.717) is 29.2 Å². The molecule has 3 atom stereocenters. The maximum absolute atomic E-state index is 13.3. The number of hydrogen-bond donors (Lipinski definition) is 3. The smallest absolute Gasteiger partial charge is 0.321 e. The predicted octanol–water partition coefficient (Wildman–Crippen LogP) is 3.49. The average Bonchev–Trinajstić information content (AvgIpc) is 3.74. The Bertz CT molecular complexity index is 1170. The number of rotatable bonds is 7. The lowest BCUT2D eigenvalue weighted by atomic mass is 10.0. The highest BCUT2D eigenvalue weighted by Crippen LogP contribution is 2.32. The summed E-state index contributed by atoms with van der Waals surface area (Å²) in [5, 5.41) is 15.5. The van der Waals surface area contributed by atoms with Crippen molar-refractivity contribution in [3.8, 4) is 5.75 Å². The number of aliphatic hydroxyl groups excluding tert-OH is 1. The molecule has 1 saturated carbocycles. The fourth-order valence-electron chi connectivity index (χ4n) is 4.42. The molecule has 9 nitrogen and oxygen atoms in total. The number of carbonyl (C=O) groups is 3. The number of amides is 4. The monoisotopic (exact) mass is 526 g/mol. The number of halogens is 1. The van der Waals surface area contributed by atoms with Gasteiger partial charge in [0, 0.05) is 42.4 Å². The van der Waals surface area contributed by atoms with Crippen molar-refractivity contribution < 1.29 is 28.6 Å². The molecule has 0 saturated heterocycles. The zero-order valence-electron chi connectivity index (χ0n) is 21.9. The van der Waals surface area contributed by atoms with E-state index in [9.17, 15) is 23.9 Å². The van der Waals surface area contributed by atoms with Crippen LogP contribution in [0.1, 0.15) is 32.3 Å². The molecule has 0 spiro atoms. The number of hydrogen-bond acceptors (Lipinski definition) is 5. The van der Waals surface area contributed by atoms with E-state index in [-0.39, 0.29) is 49.3 Å². The van der Waals surface area contributed by atoms with Crippen LogP contribution in [0.15, 0.2) is 42.5 Å². The Labute approximate surface area is 221 Å². The molecular weight excluding hydrogens is 491 g/mol. The van der Waals surface area contributed by atoms with Crippen LogP contribution in [0, 0.1) is 17.7 Å². The third-order valence-corrected chi connectivity index (χ3v) is 7.03. The minimum absolute atomic E-state index is 0.0314. The van der Waals surface area contributed by atoms with Gasteiger partial charge in [0.2, 0.25) is 11.8 Å². The summed E-state index contributed by atoms with van der Waals surface area (Å²) in [6.07, 6.45) is 1.33. The number of anilines is 2. The van der Waals surface area contributed by atoms with Gasteiger partial charge in [-0.25, -0.2) is 9.18 Å². The van der Waals surface area contributed by atoms with Gasteiger partial charge >= 0.3 is 6.03 Å². The lowest BCUT2D eigenvalue weighted by molar-refractivity contribution is -0.134. The van der Waals surface area contributed by atoms with E-state index < -0.39 is 18.0 Å². The Morgan fingerprint density at radius 2 is 1.84 bits per heavy atom. The summed E-state index contributed by atoms with van der Waals surface area (Å²) < 4.78 is 19.6. The van der Waals surface area contributed by atoms with E-state index in [1.165, 1.54) is 29.2 Å². The van der Waals surface area contributed by atoms with Crippen LogP contribution in [0.2, 0.25) is 0 Å². The Kier molecular flexibility index (Phi) is 8.51. The average molecular weight is 527 g/mol. The van der Waals surface area contributed by atoms with Crippen molar-refractivity contribution in [2.75, 3.05) is 37.4 Å². The van der Waals surface area contributed by atoms with Gasteiger partial charge in [-0.05, 0) is 62.2 Å². The summed E-state index contributed by atoms with van der Waals surface area (Å²) in [6.45, 7) is 4.08. The van der Waals surface area contributed by atoms with Gasteiger partial charge in [-0.15, -0.1) is 0 Å². The first-order chi connectivity index (χ1) is 18.1. The zero-order valence-corrected chi connectivity index (χ0v) is 21.9. The van der Waals surface area contributed by atoms with Gasteiger partial charge in [-0.3, -0.25) is 9.59 Å². The van der Waals surface area contributed by atoms with Crippen LogP contribution < -0.4 is 15.4 Å². The van der Waals surface area contributed by atoms with E-state index >= 15 is 0 Å². The minimum Gasteiger partial charge on any atom is -0.488 e. The second-order valence-corrected chi connectivity index (χ2v) is 10.3. The highest BCUT2D eigenvalue weighted by Gasteiger charge is 2.33. The van der Waals surface area contributed by atoms with Gasteiger partial charge in [-0.1, -0.05) is 6.92 Å². The first kappa shape index (κ1) is 27.4. The van der Waals surface area contributed by atoms with Crippen molar-refractivity contribution in [3.05, 3.63) is 53.8 Å². The maximum Gasteiger partial charge on any atom is 0.321 e. The summed E-state index contributed by atoms with van der Waals surface area (Å²) in [5.41, 5.74) is 1.68. The van der Waals surface area contributed by atoms with E-state index in [1.807, 2.05) is 6.92 Å². The quantitative estimate of drug-likeness (QED) is 0.512. The number of nitrogens with one attached hydrogen (secondary N) is 2. The van der Waals surface area contributed by atoms with Crippen molar-refractivity contribution >= 4 is 29.2 Å². The topological polar surface area (TPSA) is 111 Å². The van der Waals surface area contributed by atoms with Crippen molar-refractivity contribution in [2.24, 2.45) is 11.8 Å². The molecule has 2 aromatic rings. The van der Waals surface area contributed by atoms with Crippen molar-refractivity contribution in [1.29, 1.82) is 0 Å². The Morgan fingerprint density at radius 3 is 2.50 bits per heavy atom. The van der Waals surface area contributed by atoms with Crippen LogP contribution in [0.3, 0.4) is 0 Å². The molecule has 1 aliphatic carbocycles. The van der Waals surface area contributed by atoms with Gasteiger partial charge in [0.05, 0.1) is 25.6 Å². The van der Waals surface area contributed by atoms with Crippen LogP contribution in [0.25, 0.3) is 0 Å². The molecule has 0 bridgehead atoms. The number of likely N-dealkylation sites (N-methyl/N-ethyl adjacent to an activating group) is 1. The van der Waals surface area contributed by atoms with E-state index in [4.69, 9.17) is 4.74 Å². The molecule has 10 heteroatoms. The van der Waals surface area contributed by atoms with E-state index in [2.05, 4.69) is 10.6 Å². The third kappa shape index (κ3) is 6.80. The standard InChI is InChI=1S/C28H35FN4O5/c1-17-14-33(18(2)16-34)26(35)13-20-12-23(30-27(36)19-4-5-19)10-11-24(20)38-25(17)15-32(3)28(37)31-22-8-6-21(29)7-9-22/h6-12,17-19,25,34H,4-5,13-16H2,1-3H3,(H,30,36)(H,31,37)/t17-,18+,25-/m1/s1. The summed E-state index contributed by atoms with van der Waals surface area (Å²) >= 11 is 0. The molecule has 38 heavy (non-hydrogen) atoms. The lowest BCUT2D eigenvalue weighted by Crippen LogP contribution is -2.48. The highest BCUT2D eigenvalue weighted by atomic mass is 19.1. The second-order valence-electron chi connectivity index (χ2n) is 10.3. The zero-order chi connectivity index (χ0) is 27.4. The molecule has 1 aliphatic heterocycles. The first-order valence-corrected chi connectivity index (χ1v) is 12.9. The Morgan fingerprint density at radius 1 is 1.16 bits per heavy atom. The molecule has 2 aromatic carbocycles. The van der Waals surface area contributed by atoms with Crippen molar-refractivity contribution in [1.82, 2.24) is 9.80 Å². The molecule has 0 radical (unpaired) electrons. The largest absolute Gasteiger partial charge is 0.488 e. The fraction of sp³-hybridized carbons (Fsp3) is 0.464. The molecule has 4 rings (SSSR count). The van der Waals surface area contributed by atoms with Gasteiger partial charge in [0.1, 0.15) is 17.7 Å². The number of ether oxygens (including phenoxy) is 1. The molecule has 3 N–H and O–H groups in total. The number of aliphatic hydroxyl groups is 1. The molecule has 0 unspecified atom stereocenters. The molecule has 204 valence electrons. The predicted molar refractivity (Wildman–Crippen MR) is 141 cm³/mol. The summed E-state index contributed by atoms with van der Waals surface area (Å²) in [7, 11) is 1.64. The molecule has 1 fully saturated rings. The van der Waals surface area contributed by atoms with Crippen molar-refractivity contribution in [3.63, 3.8) is 0 Å². The van der Waals surface area contributed by atoms with Crippen LogP contribution >= 0.6 is 0 Å². The summed E-state index contributed by atoms with van der Waals surface area (Å²) in [6, 6.07) is 9.97. The second kappa shape index (κ2) is 11.8. The number of carbonyl (C=O) groups excluding carboxylic acids is 3. The molecule has 2 aliphatic rings. The lowest BCUT2D eigenvalue weighted by Gasteiger charge is -2.34. The summed E-state index contributed by atoms with van der Waals surface area (Å²) in [4.78, 5) is 41.6. The Balaban J connectivity index is 1.56. The number of urea groups is 1. The summed E-state index contributed by atoms with van der Waals surface area (Å²) in [5.74, 6) is -0.220. The van der Waals surface area contributed by atoms with Gasteiger partial charge in [0.25, 0.3) is 0 Å².